The maximum absolute atomic E-state index is 11.6. The van der Waals surface area contributed by atoms with Gasteiger partial charge in [0.05, 0.1) is 6.67 Å². The van der Waals surface area contributed by atoms with E-state index in [0.29, 0.717) is 13.0 Å². The minimum Gasteiger partial charge on any atom is -0.326 e. The summed E-state index contributed by atoms with van der Waals surface area (Å²) in [5.41, 5.74) is 14.3. The van der Waals surface area contributed by atoms with Crippen molar-refractivity contribution >= 4 is 11.6 Å². The molecule has 1 aliphatic rings. The summed E-state index contributed by atoms with van der Waals surface area (Å²) < 4.78 is 0. The molecule has 2 rings (SSSR count). The highest BCUT2D eigenvalue weighted by Crippen LogP contribution is 2.27. The van der Waals surface area contributed by atoms with Crippen LogP contribution in [-0.2, 0) is 17.8 Å². The van der Waals surface area contributed by atoms with Crippen LogP contribution in [0.3, 0.4) is 0 Å². The molecule has 0 saturated heterocycles. The van der Waals surface area contributed by atoms with Gasteiger partial charge >= 0.3 is 0 Å². The lowest BCUT2D eigenvalue weighted by Crippen LogP contribution is -2.39. The van der Waals surface area contributed by atoms with E-state index in [1.807, 2.05) is 12.1 Å². The van der Waals surface area contributed by atoms with E-state index in [0.717, 1.165) is 17.7 Å². The van der Waals surface area contributed by atoms with Gasteiger partial charge in [-0.05, 0) is 23.6 Å². The first-order chi connectivity index (χ1) is 7.26. The van der Waals surface area contributed by atoms with Gasteiger partial charge in [0.1, 0.15) is 0 Å². The van der Waals surface area contributed by atoms with Gasteiger partial charge in [-0.25, -0.2) is 0 Å². The molecule has 0 radical (unpaired) electrons. The molecule has 0 aromatic heterocycles. The van der Waals surface area contributed by atoms with Gasteiger partial charge in [0.2, 0.25) is 5.91 Å². The van der Waals surface area contributed by atoms with Gasteiger partial charge in [0.25, 0.3) is 0 Å². The Kier molecular flexibility index (Phi) is 2.70. The van der Waals surface area contributed by atoms with Crippen molar-refractivity contribution in [1.29, 1.82) is 0 Å². The molecule has 0 fully saturated rings. The molecule has 1 heterocycles. The highest BCUT2D eigenvalue weighted by Gasteiger charge is 2.22. The fourth-order valence-corrected chi connectivity index (χ4v) is 1.94. The van der Waals surface area contributed by atoms with E-state index in [1.54, 1.807) is 4.90 Å². The molecule has 0 spiro atoms. The molecule has 1 aliphatic heterocycles. The van der Waals surface area contributed by atoms with E-state index < -0.39 is 0 Å². The number of benzene rings is 1. The van der Waals surface area contributed by atoms with E-state index >= 15 is 0 Å². The lowest BCUT2D eigenvalue weighted by molar-refractivity contribution is -0.118. The van der Waals surface area contributed by atoms with Crippen LogP contribution in [0.15, 0.2) is 18.2 Å². The number of amides is 1. The number of fused-ring (bicyclic) bond motifs is 1. The first-order valence-electron chi connectivity index (χ1n) is 5.08. The largest absolute Gasteiger partial charge is 0.326 e. The Hall–Kier alpha value is -1.39. The lowest BCUT2D eigenvalue weighted by atomic mass is 9.99. The number of hydrogen-bond acceptors (Lipinski definition) is 3. The number of rotatable bonds is 2. The van der Waals surface area contributed by atoms with E-state index in [2.05, 4.69) is 6.07 Å². The van der Waals surface area contributed by atoms with Crippen molar-refractivity contribution in [3.8, 4) is 0 Å². The summed E-state index contributed by atoms with van der Waals surface area (Å²) in [6, 6.07) is 5.94. The molecule has 0 aliphatic carbocycles. The molecule has 4 heteroatoms. The highest BCUT2D eigenvalue weighted by atomic mass is 16.2. The molecule has 1 amide bonds. The maximum Gasteiger partial charge on any atom is 0.228 e. The average molecular weight is 205 g/mol. The van der Waals surface area contributed by atoms with Crippen molar-refractivity contribution < 1.29 is 4.79 Å². The zero-order valence-electron chi connectivity index (χ0n) is 8.57. The SMILES string of the molecule is NCc1ccc2c(c1)CCC(=O)N2CN. The number of carbonyl (C=O) groups is 1. The zero-order chi connectivity index (χ0) is 10.8. The van der Waals surface area contributed by atoms with Crippen LogP contribution in [0.4, 0.5) is 5.69 Å². The molecule has 0 atom stereocenters. The molecule has 4 nitrogen and oxygen atoms in total. The van der Waals surface area contributed by atoms with E-state index in [9.17, 15) is 4.79 Å². The number of nitrogens with zero attached hydrogens (tertiary/aromatic N) is 1. The van der Waals surface area contributed by atoms with E-state index in [1.165, 1.54) is 5.56 Å². The number of carbonyl (C=O) groups excluding carboxylic acids is 1. The van der Waals surface area contributed by atoms with Crippen LogP contribution in [-0.4, -0.2) is 12.6 Å². The number of nitrogens with two attached hydrogens (primary N) is 2. The Morgan fingerprint density at radius 3 is 2.73 bits per heavy atom. The zero-order valence-corrected chi connectivity index (χ0v) is 8.57. The smallest absolute Gasteiger partial charge is 0.228 e. The third kappa shape index (κ3) is 1.73. The Labute approximate surface area is 88.9 Å². The van der Waals surface area contributed by atoms with Crippen LogP contribution in [0.2, 0.25) is 0 Å². The van der Waals surface area contributed by atoms with Crippen LogP contribution in [0.5, 0.6) is 0 Å². The fraction of sp³-hybridized carbons (Fsp3) is 0.364. The predicted molar refractivity (Wildman–Crippen MR) is 59.2 cm³/mol. The van der Waals surface area contributed by atoms with Crippen molar-refractivity contribution in [2.75, 3.05) is 11.6 Å². The maximum atomic E-state index is 11.6. The van der Waals surface area contributed by atoms with Crippen molar-refractivity contribution in [3.63, 3.8) is 0 Å². The molecule has 1 aromatic rings. The number of hydrogen-bond donors (Lipinski definition) is 2. The normalized spacial score (nSPS) is 15.3. The topological polar surface area (TPSA) is 72.4 Å². The van der Waals surface area contributed by atoms with Gasteiger partial charge in [-0.2, -0.15) is 0 Å². The number of aryl methyl sites for hydroxylation is 1. The fourth-order valence-electron chi connectivity index (χ4n) is 1.94. The first-order valence-corrected chi connectivity index (χ1v) is 5.08. The van der Waals surface area contributed by atoms with Crippen molar-refractivity contribution in [3.05, 3.63) is 29.3 Å². The van der Waals surface area contributed by atoms with Crippen LogP contribution in [0.25, 0.3) is 0 Å². The average Bonchev–Trinajstić information content (AvgIpc) is 2.28. The molecule has 4 N–H and O–H groups in total. The molecular formula is C11H15N3O. The van der Waals surface area contributed by atoms with Gasteiger partial charge in [0.15, 0.2) is 0 Å². The van der Waals surface area contributed by atoms with Crippen LogP contribution < -0.4 is 16.4 Å². The summed E-state index contributed by atoms with van der Waals surface area (Å²) in [5, 5.41) is 0. The van der Waals surface area contributed by atoms with Gasteiger partial charge in [-0.15, -0.1) is 0 Å². The molecule has 0 unspecified atom stereocenters. The Bertz CT molecular complexity index is 389. The van der Waals surface area contributed by atoms with Crippen molar-refractivity contribution in [2.45, 2.75) is 19.4 Å². The van der Waals surface area contributed by atoms with Crippen LogP contribution in [0, 0.1) is 0 Å². The molecule has 0 saturated carbocycles. The third-order valence-electron chi connectivity index (χ3n) is 2.76. The minimum absolute atomic E-state index is 0.102. The predicted octanol–water partition coefficient (Wildman–Crippen LogP) is 0.341. The van der Waals surface area contributed by atoms with Gasteiger partial charge in [-0.3, -0.25) is 9.69 Å². The number of anilines is 1. The minimum atomic E-state index is 0.102. The molecule has 15 heavy (non-hydrogen) atoms. The highest BCUT2D eigenvalue weighted by molar-refractivity contribution is 5.96. The standard InChI is InChI=1S/C11H15N3O/c12-6-8-1-3-10-9(5-8)2-4-11(15)14(10)7-13/h1,3,5H,2,4,6-7,12-13H2. The molecule has 1 aromatic carbocycles. The summed E-state index contributed by atoms with van der Waals surface area (Å²) in [6.45, 7) is 0.775. The monoisotopic (exact) mass is 205 g/mol. The summed E-state index contributed by atoms with van der Waals surface area (Å²) >= 11 is 0. The summed E-state index contributed by atoms with van der Waals surface area (Å²) in [5.74, 6) is 0.102. The molecular weight excluding hydrogens is 190 g/mol. The second-order valence-electron chi connectivity index (χ2n) is 3.67. The first kappa shape index (κ1) is 10.1. The third-order valence-corrected chi connectivity index (χ3v) is 2.76. The van der Waals surface area contributed by atoms with Gasteiger partial charge in [0, 0.05) is 18.7 Å². The summed E-state index contributed by atoms with van der Waals surface area (Å²) in [7, 11) is 0. The summed E-state index contributed by atoms with van der Waals surface area (Å²) in [6.07, 6.45) is 1.33. The molecule has 0 bridgehead atoms. The summed E-state index contributed by atoms with van der Waals surface area (Å²) in [4.78, 5) is 13.2. The second kappa shape index (κ2) is 4.00. The lowest BCUT2D eigenvalue weighted by Gasteiger charge is -2.28. The quantitative estimate of drug-likeness (QED) is 0.731. The Balaban J connectivity index is 2.42. The van der Waals surface area contributed by atoms with E-state index in [4.69, 9.17) is 11.5 Å². The van der Waals surface area contributed by atoms with Gasteiger partial charge < -0.3 is 11.5 Å². The molecule has 80 valence electrons. The van der Waals surface area contributed by atoms with Crippen molar-refractivity contribution in [2.24, 2.45) is 11.5 Å². The van der Waals surface area contributed by atoms with Gasteiger partial charge in [-0.1, -0.05) is 12.1 Å². The van der Waals surface area contributed by atoms with Crippen molar-refractivity contribution in [1.82, 2.24) is 0 Å². The Morgan fingerprint density at radius 2 is 2.07 bits per heavy atom. The second-order valence-corrected chi connectivity index (χ2v) is 3.67. The van der Waals surface area contributed by atoms with Crippen LogP contribution in [0.1, 0.15) is 17.5 Å². The van der Waals surface area contributed by atoms with E-state index in [-0.39, 0.29) is 12.6 Å². The Morgan fingerprint density at radius 1 is 1.27 bits per heavy atom. The van der Waals surface area contributed by atoms with Crippen LogP contribution >= 0.6 is 0 Å².